The Labute approximate surface area is 111 Å². The zero-order valence-corrected chi connectivity index (χ0v) is 11.1. The molecule has 2 rings (SSSR count). The summed E-state index contributed by atoms with van der Waals surface area (Å²) in [5.74, 6) is 0.176. The number of hydrogen-bond acceptors (Lipinski definition) is 3. The number of hydrogen-bond donors (Lipinski definition) is 1. The summed E-state index contributed by atoms with van der Waals surface area (Å²) in [4.78, 5) is 12.2. The quantitative estimate of drug-likeness (QED) is 0.892. The first-order valence-corrected chi connectivity index (χ1v) is 5.84. The third-order valence-corrected chi connectivity index (χ3v) is 3.14. The molecule has 0 radical (unpaired) electrons. The van der Waals surface area contributed by atoms with Crippen LogP contribution in [-0.4, -0.2) is 15.7 Å². The number of nitrogens with one attached hydrogen (secondary N) is 1. The van der Waals surface area contributed by atoms with Crippen LogP contribution < -0.4 is 5.32 Å². The molecule has 0 fully saturated rings. The lowest BCUT2D eigenvalue weighted by molar-refractivity contribution is 0.102. The fourth-order valence-corrected chi connectivity index (χ4v) is 1.84. The molecular weight excluding hydrogens is 240 g/mol. The Kier molecular flexibility index (Phi) is 3.34. The van der Waals surface area contributed by atoms with Crippen LogP contribution >= 0.6 is 0 Å². The van der Waals surface area contributed by atoms with Gasteiger partial charge in [-0.05, 0) is 31.0 Å². The van der Waals surface area contributed by atoms with Crippen LogP contribution in [0.1, 0.15) is 27.0 Å². The molecule has 0 unspecified atom stereocenters. The summed E-state index contributed by atoms with van der Waals surface area (Å²) >= 11 is 0. The smallest absolute Gasteiger partial charge is 0.257 e. The van der Waals surface area contributed by atoms with E-state index in [-0.39, 0.29) is 5.91 Å². The summed E-state index contributed by atoms with van der Waals surface area (Å²) in [6, 6.07) is 7.56. The van der Waals surface area contributed by atoms with Gasteiger partial charge in [-0.15, -0.1) is 0 Å². The van der Waals surface area contributed by atoms with Gasteiger partial charge in [0.2, 0.25) is 0 Å². The van der Waals surface area contributed by atoms with E-state index in [9.17, 15) is 4.79 Å². The van der Waals surface area contributed by atoms with Crippen molar-refractivity contribution in [1.29, 1.82) is 5.26 Å². The van der Waals surface area contributed by atoms with Gasteiger partial charge in [-0.25, -0.2) is 0 Å². The van der Waals surface area contributed by atoms with Crippen molar-refractivity contribution in [3.05, 3.63) is 46.6 Å². The number of carbonyl (C=O) groups excluding carboxylic acids is 1. The number of rotatable bonds is 2. The van der Waals surface area contributed by atoms with Crippen molar-refractivity contribution >= 4 is 11.7 Å². The predicted molar refractivity (Wildman–Crippen MR) is 71.8 cm³/mol. The third kappa shape index (κ3) is 2.33. The molecule has 1 aromatic carbocycles. The number of benzene rings is 1. The fourth-order valence-electron chi connectivity index (χ4n) is 1.84. The van der Waals surface area contributed by atoms with Crippen molar-refractivity contribution in [3.8, 4) is 6.07 Å². The molecule has 5 heteroatoms. The monoisotopic (exact) mass is 254 g/mol. The molecule has 19 heavy (non-hydrogen) atoms. The Bertz CT molecular complexity index is 679. The molecule has 2 aromatic rings. The normalized spacial score (nSPS) is 10.0. The van der Waals surface area contributed by atoms with Crippen LogP contribution in [0, 0.1) is 25.2 Å². The fraction of sp³-hybridized carbons (Fsp3) is 0.214. The van der Waals surface area contributed by atoms with Gasteiger partial charge < -0.3 is 5.32 Å². The Balaban J connectivity index is 2.34. The molecule has 1 N–H and O–H groups in total. The first kappa shape index (κ1) is 12.8. The van der Waals surface area contributed by atoms with Crippen LogP contribution in [0.25, 0.3) is 0 Å². The Morgan fingerprint density at radius 3 is 2.84 bits per heavy atom. The van der Waals surface area contributed by atoms with Crippen molar-refractivity contribution < 1.29 is 4.79 Å². The van der Waals surface area contributed by atoms with E-state index < -0.39 is 0 Å². The maximum Gasteiger partial charge on any atom is 0.257 e. The highest BCUT2D eigenvalue weighted by atomic mass is 16.1. The Morgan fingerprint density at radius 2 is 2.16 bits per heavy atom. The second-order valence-electron chi connectivity index (χ2n) is 4.34. The molecule has 96 valence electrons. The Hall–Kier alpha value is -2.61. The van der Waals surface area contributed by atoms with E-state index in [2.05, 4.69) is 10.4 Å². The maximum atomic E-state index is 12.2. The van der Waals surface area contributed by atoms with Crippen LogP contribution in [0.3, 0.4) is 0 Å². The van der Waals surface area contributed by atoms with Gasteiger partial charge in [-0.2, -0.15) is 10.4 Å². The largest absolute Gasteiger partial charge is 0.306 e. The average Bonchev–Trinajstić information content (AvgIpc) is 2.74. The molecule has 0 atom stereocenters. The summed E-state index contributed by atoms with van der Waals surface area (Å²) in [7, 11) is 1.68. The number of nitrogens with zero attached hydrogens (tertiary/aromatic N) is 3. The van der Waals surface area contributed by atoms with E-state index in [1.807, 2.05) is 32.0 Å². The molecule has 0 bridgehead atoms. The number of aromatic nitrogens is 2. The number of anilines is 1. The topological polar surface area (TPSA) is 70.7 Å². The number of nitriles is 1. The second-order valence-corrected chi connectivity index (χ2v) is 4.34. The van der Waals surface area contributed by atoms with E-state index in [0.717, 1.165) is 11.1 Å². The SMILES string of the molecule is Cc1cccc(C(=O)Nc2c(C#N)cnn2C)c1C. The maximum absolute atomic E-state index is 12.2. The summed E-state index contributed by atoms with van der Waals surface area (Å²) in [6.07, 6.45) is 1.43. The minimum atomic E-state index is -0.235. The summed E-state index contributed by atoms with van der Waals surface area (Å²) in [6.45, 7) is 3.86. The molecule has 0 aliphatic heterocycles. The summed E-state index contributed by atoms with van der Waals surface area (Å²) in [5, 5.41) is 15.6. The molecule has 1 amide bonds. The van der Waals surface area contributed by atoms with Crippen LogP contribution in [0.15, 0.2) is 24.4 Å². The van der Waals surface area contributed by atoms with Crippen LogP contribution in [0.2, 0.25) is 0 Å². The minimum absolute atomic E-state index is 0.235. The molecule has 0 spiro atoms. The van der Waals surface area contributed by atoms with Crippen molar-refractivity contribution in [1.82, 2.24) is 9.78 Å². The van der Waals surface area contributed by atoms with Gasteiger partial charge in [0.15, 0.2) is 0 Å². The molecule has 1 aromatic heterocycles. The second kappa shape index (κ2) is 4.94. The van der Waals surface area contributed by atoms with E-state index >= 15 is 0 Å². The molecule has 1 heterocycles. The van der Waals surface area contributed by atoms with Gasteiger partial charge in [0, 0.05) is 12.6 Å². The van der Waals surface area contributed by atoms with Gasteiger partial charge in [-0.1, -0.05) is 12.1 Å². The first-order valence-electron chi connectivity index (χ1n) is 5.84. The molecule has 5 nitrogen and oxygen atoms in total. The van der Waals surface area contributed by atoms with Crippen LogP contribution in [-0.2, 0) is 7.05 Å². The van der Waals surface area contributed by atoms with E-state index in [4.69, 9.17) is 5.26 Å². The number of amides is 1. The van der Waals surface area contributed by atoms with Crippen LogP contribution in [0.5, 0.6) is 0 Å². The zero-order chi connectivity index (χ0) is 14.0. The third-order valence-electron chi connectivity index (χ3n) is 3.14. The highest BCUT2D eigenvalue weighted by Crippen LogP contribution is 2.17. The number of aryl methyl sites for hydroxylation is 2. The predicted octanol–water partition coefficient (Wildman–Crippen LogP) is 2.16. The van der Waals surface area contributed by atoms with Gasteiger partial charge in [-0.3, -0.25) is 9.48 Å². The van der Waals surface area contributed by atoms with E-state index in [1.54, 1.807) is 13.1 Å². The van der Waals surface area contributed by atoms with Crippen molar-refractivity contribution in [3.63, 3.8) is 0 Å². The molecule has 0 saturated carbocycles. The average molecular weight is 254 g/mol. The molecule has 0 saturated heterocycles. The Morgan fingerprint density at radius 1 is 1.42 bits per heavy atom. The van der Waals surface area contributed by atoms with E-state index in [1.165, 1.54) is 10.9 Å². The lowest BCUT2D eigenvalue weighted by Gasteiger charge is -2.09. The lowest BCUT2D eigenvalue weighted by atomic mass is 10.0. The van der Waals surface area contributed by atoms with Crippen molar-refractivity contribution in [2.45, 2.75) is 13.8 Å². The highest BCUT2D eigenvalue weighted by Gasteiger charge is 2.15. The highest BCUT2D eigenvalue weighted by molar-refractivity contribution is 6.05. The first-order chi connectivity index (χ1) is 9.04. The van der Waals surface area contributed by atoms with Crippen molar-refractivity contribution in [2.24, 2.45) is 7.05 Å². The van der Waals surface area contributed by atoms with Gasteiger partial charge in [0.1, 0.15) is 17.5 Å². The number of carbonyl (C=O) groups is 1. The molecule has 0 aliphatic rings. The standard InChI is InChI=1S/C14H14N4O/c1-9-5-4-6-12(10(9)2)14(19)17-13-11(7-15)8-16-18(13)3/h4-6,8H,1-3H3,(H,17,19). The minimum Gasteiger partial charge on any atom is -0.306 e. The van der Waals surface area contributed by atoms with Gasteiger partial charge in [0.25, 0.3) is 5.91 Å². The van der Waals surface area contributed by atoms with Crippen LogP contribution in [0.4, 0.5) is 5.82 Å². The molecule has 0 aliphatic carbocycles. The van der Waals surface area contributed by atoms with Gasteiger partial charge in [0.05, 0.1) is 6.20 Å². The summed E-state index contributed by atoms with van der Waals surface area (Å²) < 4.78 is 1.47. The summed E-state index contributed by atoms with van der Waals surface area (Å²) in [5.41, 5.74) is 2.94. The van der Waals surface area contributed by atoms with Gasteiger partial charge >= 0.3 is 0 Å². The van der Waals surface area contributed by atoms with Crippen molar-refractivity contribution in [2.75, 3.05) is 5.32 Å². The lowest BCUT2D eigenvalue weighted by Crippen LogP contribution is -2.16. The molecular formula is C14H14N4O. The van der Waals surface area contributed by atoms with E-state index in [0.29, 0.717) is 16.9 Å². The zero-order valence-electron chi connectivity index (χ0n) is 11.1.